The van der Waals surface area contributed by atoms with Crippen LogP contribution < -0.4 is 0 Å². The largest absolute Gasteiger partial charge is 0.440 e. The van der Waals surface area contributed by atoms with Gasteiger partial charge in [0.15, 0.2) is 5.60 Å². The first kappa shape index (κ1) is 24.2. The number of hydrogen-bond acceptors (Lipinski definition) is 3. The second-order valence-electron chi connectivity index (χ2n) is 10.3. The monoisotopic (exact) mass is 504 g/mol. The molecule has 0 saturated heterocycles. The Kier molecular flexibility index (Phi) is 5.75. The van der Waals surface area contributed by atoms with E-state index in [2.05, 4.69) is 53.3 Å². The molecule has 0 N–H and O–H groups in total. The molecule has 1 aliphatic rings. The third-order valence-electron chi connectivity index (χ3n) is 8.20. The van der Waals surface area contributed by atoms with Gasteiger partial charge < -0.3 is 18.7 Å². The minimum absolute atomic E-state index is 0.329. The third-order valence-corrected chi connectivity index (χ3v) is 8.20. The van der Waals surface area contributed by atoms with Gasteiger partial charge in [-0.25, -0.2) is 4.79 Å². The highest BCUT2D eigenvalue weighted by Gasteiger charge is 2.53. The second kappa shape index (κ2) is 9.02. The average molecular weight is 505 g/mol. The molecule has 0 aliphatic carbocycles. The molecule has 0 saturated carbocycles. The number of ether oxygens (including phenoxy) is 1. The molecule has 0 bridgehead atoms. The van der Waals surface area contributed by atoms with Crippen molar-refractivity contribution in [1.29, 1.82) is 0 Å². The molecule has 5 nitrogen and oxygen atoms in total. The summed E-state index contributed by atoms with van der Waals surface area (Å²) in [5.74, 6) is -0.329. The van der Waals surface area contributed by atoms with Crippen molar-refractivity contribution < 1.29 is 14.3 Å². The number of fused-ring (bicyclic) bond motifs is 3. The van der Waals surface area contributed by atoms with E-state index in [-0.39, 0.29) is 12.0 Å². The highest BCUT2D eigenvalue weighted by molar-refractivity contribution is 6.01. The summed E-state index contributed by atoms with van der Waals surface area (Å²) in [7, 11) is 0. The van der Waals surface area contributed by atoms with Crippen LogP contribution in [0.3, 0.4) is 0 Å². The fraction of sp³-hybridized carbons (Fsp3) is 0.273. The lowest BCUT2D eigenvalue weighted by molar-refractivity contribution is -0.110. The van der Waals surface area contributed by atoms with Crippen molar-refractivity contribution in [1.82, 2.24) is 9.13 Å². The molecule has 0 fully saturated rings. The van der Waals surface area contributed by atoms with E-state index < -0.39 is 5.60 Å². The van der Waals surface area contributed by atoms with Crippen molar-refractivity contribution in [3.05, 3.63) is 106 Å². The summed E-state index contributed by atoms with van der Waals surface area (Å²) in [6.07, 6.45) is 3.10. The van der Waals surface area contributed by atoms with Crippen LogP contribution in [0, 0.1) is 13.8 Å². The molecule has 0 radical (unpaired) electrons. The first-order valence-corrected chi connectivity index (χ1v) is 13.4. The summed E-state index contributed by atoms with van der Waals surface area (Å²) in [5, 5.41) is 2.05. The topological polar surface area (TPSA) is 53.2 Å². The van der Waals surface area contributed by atoms with Crippen LogP contribution in [0.1, 0.15) is 71.2 Å². The first-order chi connectivity index (χ1) is 18.5. The molecule has 3 aromatic carbocycles. The molecule has 2 unspecified atom stereocenters. The van der Waals surface area contributed by atoms with Crippen molar-refractivity contribution >= 4 is 34.1 Å². The van der Waals surface area contributed by atoms with Crippen molar-refractivity contribution in [2.24, 2.45) is 0 Å². The van der Waals surface area contributed by atoms with Gasteiger partial charge in [-0.05, 0) is 45.4 Å². The van der Waals surface area contributed by atoms with E-state index in [1.807, 2.05) is 56.3 Å². The number of aromatic nitrogens is 2. The third kappa shape index (κ3) is 3.17. The van der Waals surface area contributed by atoms with E-state index in [9.17, 15) is 9.59 Å². The minimum atomic E-state index is -1.16. The molecule has 1 aliphatic heterocycles. The Morgan fingerprint density at radius 3 is 2.18 bits per heavy atom. The Morgan fingerprint density at radius 2 is 1.47 bits per heavy atom. The van der Waals surface area contributed by atoms with Crippen molar-refractivity contribution in [3.8, 4) is 0 Å². The lowest BCUT2D eigenvalue weighted by Crippen LogP contribution is -2.31. The molecular weight excluding hydrogens is 472 g/mol. The Hall–Kier alpha value is -4.12. The normalized spacial score (nSPS) is 17.6. The van der Waals surface area contributed by atoms with E-state index in [1.54, 1.807) is 0 Å². The maximum Gasteiger partial charge on any atom is 0.340 e. The number of para-hydroxylation sites is 2. The fourth-order valence-corrected chi connectivity index (χ4v) is 6.61. The molecule has 5 aromatic rings. The zero-order valence-electron chi connectivity index (χ0n) is 22.3. The van der Waals surface area contributed by atoms with Gasteiger partial charge in [-0.1, -0.05) is 67.9 Å². The fourth-order valence-electron chi connectivity index (χ4n) is 6.61. The summed E-state index contributed by atoms with van der Waals surface area (Å²) in [4.78, 5) is 25.7. The van der Waals surface area contributed by atoms with Gasteiger partial charge in [0.25, 0.3) is 0 Å². The van der Waals surface area contributed by atoms with Gasteiger partial charge in [0, 0.05) is 56.4 Å². The Balaban J connectivity index is 1.82. The number of nitrogens with zero attached hydrogens (tertiary/aromatic N) is 2. The van der Waals surface area contributed by atoms with E-state index in [1.165, 1.54) is 0 Å². The van der Waals surface area contributed by atoms with Gasteiger partial charge >= 0.3 is 5.97 Å². The quantitative estimate of drug-likeness (QED) is 0.173. The minimum Gasteiger partial charge on any atom is -0.440 e. The highest BCUT2D eigenvalue weighted by Crippen LogP contribution is 2.54. The maximum atomic E-state index is 13.6. The number of carbonyl (C=O) groups is 2. The molecule has 2 atom stereocenters. The predicted octanol–water partition coefficient (Wildman–Crippen LogP) is 7.24. The Labute approximate surface area is 222 Å². The van der Waals surface area contributed by atoms with Gasteiger partial charge in [-0.2, -0.15) is 0 Å². The average Bonchev–Trinajstić information content (AvgIpc) is 3.51. The number of rotatable bonds is 7. The van der Waals surface area contributed by atoms with Gasteiger partial charge in [0.2, 0.25) is 0 Å². The van der Waals surface area contributed by atoms with E-state index in [4.69, 9.17) is 4.74 Å². The number of carbonyl (C=O) groups excluding carboxylic acids is 2. The number of esters is 1. The number of benzene rings is 3. The molecule has 0 spiro atoms. The van der Waals surface area contributed by atoms with Crippen LogP contribution in [0.25, 0.3) is 21.8 Å². The zero-order valence-corrected chi connectivity index (χ0v) is 22.3. The van der Waals surface area contributed by atoms with Crippen LogP contribution in [0.4, 0.5) is 0 Å². The van der Waals surface area contributed by atoms with Crippen molar-refractivity contribution in [2.45, 2.75) is 58.7 Å². The second-order valence-corrected chi connectivity index (χ2v) is 10.3. The van der Waals surface area contributed by atoms with Crippen LogP contribution >= 0.6 is 0 Å². The SMILES string of the molecule is CCCCn1c(C)c(C2(c3c(C)n(C(C)C=O)c4ccccc34)OC(=O)c3ccccc32)c2ccccc21. The summed E-state index contributed by atoms with van der Waals surface area (Å²) in [6.45, 7) is 9.17. The number of unbranched alkanes of at least 4 members (excludes halogenated alkanes) is 1. The van der Waals surface area contributed by atoms with Gasteiger partial charge in [-0.15, -0.1) is 0 Å². The highest BCUT2D eigenvalue weighted by atomic mass is 16.6. The molecule has 3 heterocycles. The number of aryl methyl sites for hydroxylation is 1. The number of cyclic esters (lactones) is 1. The van der Waals surface area contributed by atoms with Gasteiger partial charge in [0.05, 0.1) is 11.6 Å². The van der Waals surface area contributed by atoms with E-state index in [0.29, 0.717) is 5.56 Å². The van der Waals surface area contributed by atoms with Crippen LogP contribution in [-0.2, 0) is 21.7 Å². The van der Waals surface area contributed by atoms with Gasteiger partial charge in [0.1, 0.15) is 6.29 Å². The summed E-state index contributed by atoms with van der Waals surface area (Å²) >= 11 is 0. The van der Waals surface area contributed by atoms with E-state index in [0.717, 1.165) is 75.6 Å². The van der Waals surface area contributed by atoms with Crippen molar-refractivity contribution in [2.75, 3.05) is 0 Å². The molecular formula is C33H32N2O3. The molecule has 192 valence electrons. The molecule has 2 aromatic heterocycles. The summed E-state index contributed by atoms with van der Waals surface area (Å²) < 4.78 is 11.1. The number of aldehydes is 1. The summed E-state index contributed by atoms with van der Waals surface area (Å²) in [6, 6.07) is 23.9. The smallest absolute Gasteiger partial charge is 0.340 e. The van der Waals surface area contributed by atoms with Crippen LogP contribution in [0.15, 0.2) is 72.8 Å². The van der Waals surface area contributed by atoms with E-state index >= 15 is 0 Å². The number of hydrogen-bond donors (Lipinski definition) is 0. The predicted molar refractivity (Wildman–Crippen MR) is 151 cm³/mol. The molecule has 5 heteroatoms. The first-order valence-electron chi connectivity index (χ1n) is 13.4. The maximum absolute atomic E-state index is 13.6. The van der Waals surface area contributed by atoms with Crippen LogP contribution in [0.2, 0.25) is 0 Å². The van der Waals surface area contributed by atoms with Gasteiger partial charge in [-0.3, -0.25) is 0 Å². The lowest BCUT2D eigenvalue weighted by Gasteiger charge is -2.31. The molecule has 6 rings (SSSR count). The molecule has 0 amide bonds. The van der Waals surface area contributed by atoms with Crippen LogP contribution in [-0.4, -0.2) is 21.4 Å². The Bertz CT molecular complexity index is 1720. The summed E-state index contributed by atoms with van der Waals surface area (Å²) in [5.41, 5.74) is 6.26. The zero-order chi connectivity index (χ0) is 26.6. The van der Waals surface area contributed by atoms with Crippen molar-refractivity contribution in [3.63, 3.8) is 0 Å². The molecule has 38 heavy (non-hydrogen) atoms. The Morgan fingerprint density at radius 1 is 0.868 bits per heavy atom. The standard InChI is InChI=1S/C33H32N2O3/c1-5-6-19-34-22(3)30(25-14-8-11-17-28(25)34)33(27-16-10-7-13-24(27)32(37)38-33)31-23(4)35(21(2)20-36)29-18-12-9-15-26(29)31/h7-18,20-21H,5-6,19H2,1-4H3. The van der Waals surface area contributed by atoms with Crippen LogP contribution in [0.5, 0.6) is 0 Å². The lowest BCUT2D eigenvalue weighted by atomic mass is 9.77.